The van der Waals surface area contributed by atoms with Crippen LogP contribution in [0, 0.1) is 6.92 Å². The fourth-order valence-electron chi connectivity index (χ4n) is 1.87. The predicted octanol–water partition coefficient (Wildman–Crippen LogP) is 2.35. The first-order chi connectivity index (χ1) is 9.49. The van der Waals surface area contributed by atoms with Crippen molar-refractivity contribution >= 4 is 11.8 Å². The third-order valence-corrected chi connectivity index (χ3v) is 3.39. The number of hydrogen-bond donors (Lipinski definition) is 1. The first kappa shape index (κ1) is 16.3. The Kier molecular flexibility index (Phi) is 6.28. The summed E-state index contributed by atoms with van der Waals surface area (Å²) in [4.78, 5) is 25.7. The molecule has 1 aromatic heterocycles. The Hall–Kier alpha value is -1.78. The normalized spacial score (nSPS) is 12.0. The van der Waals surface area contributed by atoms with Crippen LogP contribution in [0.15, 0.2) is 16.7 Å². The molecule has 112 valence electrons. The van der Waals surface area contributed by atoms with Crippen LogP contribution in [0.4, 0.5) is 0 Å². The molecule has 0 aliphatic heterocycles. The average Bonchev–Trinajstić information content (AvgIpc) is 2.85. The zero-order valence-electron chi connectivity index (χ0n) is 12.7. The summed E-state index contributed by atoms with van der Waals surface area (Å²) in [7, 11) is 0. The molecule has 1 rings (SSSR count). The van der Waals surface area contributed by atoms with E-state index in [1.54, 1.807) is 17.9 Å². The van der Waals surface area contributed by atoms with Crippen LogP contribution in [0.5, 0.6) is 0 Å². The van der Waals surface area contributed by atoms with Crippen molar-refractivity contribution in [1.29, 1.82) is 0 Å². The Morgan fingerprint density at radius 1 is 1.40 bits per heavy atom. The van der Waals surface area contributed by atoms with Crippen molar-refractivity contribution in [2.45, 2.75) is 46.6 Å². The van der Waals surface area contributed by atoms with Gasteiger partial charge in [0.1, 0.15) is 5.76 Å². The van der Waals surface area contributed by atoms with Crippen molar-refractivity contribution in [2.24, 2.45) is 0 Å². The average molecular weight is 280 g/mol. The number of nitrogens with zero attached hydrogens (tertiary/aromatic N) is 1. The van der Waals surface area contributed by atoms with Gasteiger partial charge in [0.05, 0.1) is 11.8 Å². The van der Waals surface area contributed by atoms with Crippen molar-refractivity contribution in [3.63, 3.8) is 0 Å². The smallest absolute Gasteiger partial charge is 0.257 e. The molecule has 1 unspecified atom stereocenters. The molecule has 0 fully saturated rings. The second-order valence-electron chi connectivity index (χ2n) is 4.90. The van der Waals surface area contributed by atoms with E-state index < -0.39 is 0 Å². The number of amides is 2. The Labute approximate surface area is 120 Å². The highest BCUT2D eigenvalue weighted by atomic mass is 16.3. The quantitative estimate of drug-likeness (QED) is 0.834. The molecule has 5 heteroatoms. The minimum Gasteiger partial charge on any atom is -0.469 e. The van der Waals surface area contributed by atoms with E-state index in [0.29, 0.717) is 30.8 Å². The van der Waals surface area contributed by atoms with E-state index in [1.807, 2.05) is 20.8 Å². The molecule has 2 amide bonds. The van der Waals surface area contributed by atoms with Crippen LogP contribution in [0.25, 0.3) is 0 Å². The number of nitrogens with one attached hydrogen (secondary N) is 1. The van der Waals surface area contributed by atoms with Crippen molar-refractivity contribution in [3.05, 3.63) is 23.7 Å². The predicted molar refractivity (Wildman–Crippen MR) is 77.5 cm³/mol. The van der Waals surface area contributed by atoms with Gasteiger partial charge in [0.2, 0.25) is 5.91 Å². The summed E-state index contributed by atoms with van der Waals surface area (Å²) in [6.07, 6.45) is 2.73. The standard InChI is InChI=1S/C15H24N2O3/c1-5-11(3)16-14(18)7-9-17(6-2)15(19)13-8-10-20-12(13)4/h8,10-11H,5-7,9H2,1-4H3,(H,16,18). The molecule has 0 spiro atoms. The van der Waals surface area contributed by atoms with Gasteiger partial charge in [-0.1, -0.05) is 6.92 Å². The molecule has 1 N–H and O–H groups in total. The van der Waals surface area contributed by atoms with Crippen LogP contribution in [-0.4, -0.2) is 35.8 Å². The molecule has 0 saturated heterocycles. The second-order valence-corrected chi connectivity index (χ2v) is 4.90. The van der Waals surface area contributed by atoms with Crippen LogP contribution >= 0.6 is 0 Å². The number of carbonyl (C=O) groups is 2. The molecule has 0 aliphatic carbocycles. The van der Waals surface area contributed by atoms with E-state index in [-0.39, 0.29) is 17.9 Å². The Balaban J connectivity index is 2.54. The maximum atomic E-state index is 12.3. The van der Waals surface area contributed by atoms with E-state index in [0.717, 1.165) is 6.42 Å². The molecule has 0 saturated carbocycles. The van der Waals surface area contributed by atoms with Crippen molar-refractivity contribution in [3.8, 4) is 0 Å². The van der Waals surface area contributed by atoms with E-state index in [9.17, 15) is 9.59 Å². The van der Waals surface area contributed by atoms with Crippen molar-refractivity contribution in [2.75, 3.05) is 13.1 Å². The van der Waals surface area contributed by atoms with Crippen LogP contribution in [0.1, 0.15) is 49.7 Å². The van der Waals surface area contributed by atoms with E-state index in [1.165, 1.54) is 6.26 Å². The molecule has 0 aromatic carbocycles. The van der Waals surface area contributed by atoms with Gasteiger partial charge in [-0.05, 0) is 33.3 Å². The minimum atomic E-state index is -0.0879. The van der Waals surface area contributed by atoms with Gasteiger partial charge in [-0.3, -0.25) is 9.59 Å². The molecule has 1 atom stereocenters. The molecular formula is C15H24N2O3. The SMILES string of the molecule is CCC(C)NC(=O)CCN(CC)C(=O)c1ccoc1C. The van der Waals surface area contributed by atoms with Gasteiger partial charge in [-0.2, -0.15) is 0 Å². The number of carbonyl (C=O) groups excluding carboxylic acids is 2. The van der Waals surface area contributed by atoms with Gasteiger partial charge in [-0.25, -0.2) is 0 Å². The lowest BCUT2D eigenvalue weighted by atomic mass is 10.2. The van der Waals surface area contributed by atoms with Crippen molar-refractivity contribution < 1.29 is 14.0 Å². The summed E-state index contributed by atoms with van der Waals surface area (Å²) in [5.74, 6) is 0.502. The third kappa shape index (κ3) is 4.40. The van der Waals surface area contributed by atoms with Crippen LogP contribution in [0.2, 0.25) is 0 Å². The van der Waals surface area contributed by atoms with Gasteiger partial charge >= 0.3 is 0 Å². The summed E-state index contributed by atoms with van der Waals surface area (Å²) in [6.45, 7) is 8.64. The number of rotatable bonds is 7. The topological polar surface area (TPSA) is 62.6 Å². The number of furan rings is 1. The highest BCUT2D eigenvalue weighted by molar-refractivity contribution is 5.95. The van der Waals surface area contributed by atoms with Crippen LogP contribution in [-0.2, 0) is 4.79 Å². The number of aryl methyl sites for hydroxylation is 1. The second kappa shape index (κ2) is 7.72. The number of hydrogen-bond acceptors (Lipinski definition) is 3. The fraction of sp³-hybridized carbons (Fsp3) is 0.600. The zero-order chi connectivity index (χ0) is 15.1. The molecule has 1 heterocycles. The molecule has 5 nitrogen and oxygen atoms in total. The van der Waals surface area contributed by atoms with Crippen molar-refractivity contribution in [1.82, 2.24) is 10.2 Å². The maximum absolute atomic E-state index is 12.3. The van der Waals surface area contributed by atoms with Crippen LogP contribution in [0.3, 0.4) is 0 Å². The zero-order valence-corrected chi connectivity index (χ0v) is 12.7. The lowest BCUT2D eigenvalue weighted by Gasteiger charge is -2.21. The molecule has 20 heavy (non-hydrogen) atoms. The summed E-state index contributed by atoms with van der Waals surface area (Å²) in [5, 5.41) is 2.90. The summed E-state index contributed by atoms with van der Waals surface area (Å²) in [6, 6.07) is 1.84. The molecule has 1 aromatic rings. The minimum absolute atomic E-state index is 0.0190. The summed E-state index contributed by atoms with van der Waals surface area (Å²) >= 11 is 0. The fourth-order valence-corrected chi connectivity index (χ4v) is 1.87. The highest BCUT2D eigenvalue weighted by Crippen LogP contribution is 2.12. The van der Waals surface area contributed by atoms with Gasteiger partial charge in [0, 0.05) is 25.6 Å². The van der Waals surface area contributed by atoms with Gasteiger partial charge in [0.25, 0.3) is 5.91 Å². The highest BCUT2D eigenvalue weighted by Gasteiger charge is 2.18. The Morgan fingerprint density at radius 2 is 2.10 bits per heavy atom. The van der Waals surface area contributed by atoms with Gasteiger partial charge in [0.15, 0.2) is 0 Å². The monoisotopic (exact) mass is 280 g/mol. The lowest BCUT2D eigenvalue weighted by Crippen LogP contribution is -2.37. The first-order valence-electron chi connectivity index (χ1n) is 7.12. The molecule has 0 radical (unpaired) electrons. The maximum Gasteiger partial charge on any atom is 0.257 e. The molecular weight excluding hydrogens is 256 g/mol. The Morgan fingerprint density at radius 3 is 2.60 bits per heavy atom. The summed E-state index contributed by atoms with van der Waals surface area (Å²) in [5.41, 5.74) is 0.564. The third-order valence-electron chi connectivity index (χ3n) is 3.39. The van der Waals surface area contributed by atoms with Gasteiger partial charge in [-0.15, -0.1) is 0 Å². The first-order valence-corrected chi connectivity index (χ1v) is 7.12. The largest absolute Gasteiger partial charge is 0.469 e. The lowest BCUT2D eigenvalue weighted by molar-refractivity contribution is -0.121. The Bertz CT molecular complexity index is 454. The molecule has 0 aliphatic rings. The van der Waals surface area contributed by atoms with E-state index in [4.69, 9.17) is 4.42 Å². The molecule has 0 bridgehead atoms. The van der Waals surface area contributed by atoms with E-state index >= 15 is 0 Å². The van der Waals surface area contributed by atoms with Crippen LogP contribution < -0.4 is 5.32 Å². The van der Waals surface area contributed by atoms with E-state index in [2.05, 4.69) is 5.32 Å². The van der Waals surface area contributed by atoms with Gasteiger partial charge < -0.3 is 14.6 Å². The summed E-state index contributed by atoms with van der Waals surface area (Å²) < 4.78 is 5.15.